The third-order valence-corrected chi connectivity index (χ3v) is 6.30. The van der Waals surface area contributed by atoms with Crippen LogP contribution >= 0.6 is 0 Å². The molecular formula is C17H26O2S. The van der Waals surface area contributed by atoms with Crippen molar-refractivity contribution in [2.75, 3.05) is 6.26 Å². The Bertz CT molecular complexity index is 517. The molecule has 20 heavy (non-hydrogen) atoms. The fourth-order valence-corrected chi connectivity index (χ4v) is 4.93. The van der Waals surface area contributed by atoms with Crippen LogP contribution < -0.4 is 0 Å². The highest BCUT2D eigenvalue weighted by Gasteiger charge is 2.44. The second-order valence-corrected chi connectivity index (χ2v) is 7.99. The summed E-state index contributed by atoms with van der Waals surface area (Å²) in [5, 5.41) is 0. The van der Waals surface area contributed by atoms with Crippen LogP contribution in [0.25, 0.3) is 0 Å². The number of hydrogen-bond donors (Lipinski definition) is 0. The SMILES string of the molecule is C=CCCCCC(c1ccccc1)(C(C)C)S(C)(=O)=O. The maximum absolute atomic E-state index is 12.5. The van der Waals surface area contributed by atoms with E-state index in [9.17, 15) is 8.42 Å². The topological polar surface area (TPSA) is 34.1 Å². The highest BCUT2D eigenvalue weighted by molar-refractivity contribution is 7.91. The van der Waals surface area contributed by atoms with Gasteiger partial charge in [0.25, 0.3) is 0 Å². The van der Waals surface area contributed by atoms with Crippen LogP contribution in [-0.2, 0) is 14.6 Å². The summed E-state index contributed by atoms with van der Waals surface area (Å²) in [5.41, 5.74) is 0.913. The molecular weight excluding hydrogens is 268 g/mol. The van der Waals surface area contributed by atoms with Gasteiger partial charge in [0.1, 0.15) is 0 Å². The first-order chi connectivity index (χ1) is 9.36. The molecule has 1 atom stereocenters. The summed E-state index contributed by atoms with van der Waals surface area (Å²) >= 11 is 0. The molecule has 1 rings (SSSR count). The number of sulfone groups is 1. The van der Waals surface area contributed by atoms with Crippen LogP contribution in [0.1, 0.15) is 45.1 Å². The minimum absolute atomic E-state index is 0.0450. The van der Waals surface area contributed by atoms with Gasteiger partial charge in [-0.2, -0.15) is 0 Å². The van der Waals surface area contributed by atoms with Gasteiger partial charge in [0.05, 0.1) is 4.75 Å². The molecule has 1 aromatic rings. The number of unbranched alkanes of at least 4 members (excludes halogenated alkanes) is 2. The zero-order valence-corrected chi connectivity index (χ0v) is 13.6. The van der Waals surface area contributed by atoms with Crippen LogP contribution in [0.5, 0.6) is 0 Å². The minimum atomic E-state index is -3.19. The van der Waals surface area contributed by atoms with Gasteiger partial charge in [-0.15, -0.1) is 6.58 Å². The van der Waals surface area contributed by atoms with Gasteiger partial charge < -0.3 is 0 Å². The van der Waals surface area contributed by atoms with Gasteiger partial charge in [-0.1, -0.05) is 56.7 Å². The van der Waals surface area contributed by atoms with Gasteiger partial charge in [-0.25, -0.2) is 8.42 Å². The first-order valence-electron chi connectivity index (χ1n) is 7.22. The number of hydrogen-bond acceptors (Lipinski definition) is 2. The van der Waals surface area contributed by atoms with E-state index in [0.29, 0.717) is 6.42 Å². The molecule has 0 heterocycles. The summed E-state index contributed by atoms with van der Waals surface area (Å²) in [7, 11) is -3.19. The van der Waals surface area contributed by atoms with E-state index >= 15 is 0 Å². The molecule has 0 radical (unpaired) electrons. The van der Waals surface area contributed by atoms with Gasteiger partial charge in [-0.3, -0.25) is 0 Å². The Labute approximate surface area is 123 Å². The molecule has 0 spiro atoms. The Morgan fingerprint density at radius 1 is 1.20 bits per heavy atom. The molecule has 0 bridgehead atoms. The monoisotopic (exact) mass is 294 g/mol. The Morgan fingerprint density at radius 3 is 2.25 bits per heavy atom. The van der Waals surface area contributed by atoms with Crippen molar-refractivity contribution in [3.63, 3.8) is 0 Å². The lowest BCUT2D eigenvalue weighted by Gasteiger charge is -2.36. The average Bonchev–Trinajstić information content (AvgIpc) is 2.38. The van der Waals surface area contributed by atoms with E-state index < -0.39 is 14.6 Å². The van der Waals surface area contributed by atoms with E-state index in [1.807, 2.05) is 50.3 Å². The summed E-state index contributed by atoms with van der Waals surface area (Å²) in [6, 6.07) is 9.64. The maximum atomic E-state index is 12.5. The number of benzene rings is 1. The van der Waals surface area contributed by atoms with E-state index in [4.69, 9.17) is 0 Å². The van der Waals surface area contributed by atoms with Gasteiger partial charge in [-0.05, 0) is 30.7 Å². The third-order valence-electron chi connectivity index (χ3n) is 4.06. The molecule has 0 aliphatic heterocycles. The largest absolute Gasteiger partial charge is 0.228 e. The first-order valence-corrected chi connectivity index (χ1v) is 9.11. The van der Waals surface area contributed by atoms with Gasteiger partial charge in [0.15, 0.2) is 9.84 Å². The molecule has 1 aromatic carbocycles. The van der Waals surface area contributed by atoms with E-state index in [1.165, 1.54) is 6.26 Å². The predicted octanol–water partition coefficient (Wildman–Crippen LogP) is 4.33. The molecule has 0 aliphatic rings. The first kappa shape index (κ1) is 17.0. The number of rotatable bonds is 8. The van der Waals surface area contributed by atoms with Gasteiger partial charge >= 0.3 is 0 Å². The molecule has 0 amide bonds. The Kier molecular flexibility index (Phi) is 6.00. The molecule has 3 heteroatoms. The van der Waals surface area contributed by atoms with Crippen molar-refractivity contribution in [2.24, 2.45) is 5.92 Å². The Balaban J connectivity index is 3.20. The van der Waals surface area contributed by atoms with Crippen molar-refractivity contribution in [1.29, 1.82) is 0 Å². The lowest BCUT2D eigenvalue weighted by Crippen LogP contribution is -2.40. The van der Waals surface area contributed by atoms with Crippen LogP contribution in [0, 0.1) is 5.92 Å². The van der Waals surface area contributed by atoms with Crippen molar-refractivity contribution < 1.29 is 8.42 Å². The summed E-state index contributed by atoms with van der Waals surface area (Å²) in [5.74, 6) is 0.0450. The van der Waals surface area contributed by atoms with Crippen LogP contribution in [0.15, 0.2) is 43.0 Å². The van der Waals surface area contributed by atoms with Crippen LogP contribution in [-0.4, -0.2) is 14.7 Å². The molecule has 0 N–H and O–H groups in total. The van der Waals surface area contributed by atoms with E-state index in [0.717, 1.165) is 24.8 Å². The molecule has 0 aromatic heterocycles. The lowest BCUT2D eigenvalue weighted by atomic mass is 9.83. The van der Waals surface area contributed by atoms with Crippen molar-refractivity contribution in [3.8, 4) is 0 Å². The summed E-state index contributed by atoms with van der Waals surface area (Å²) in [4.78, 5) is 0. The second kappa shape index (κ2) is 7.07. The highest BCUT2D eigenvalue weighted by atomic mass is 32.2. The summed E-state index contributed by atoms with van der Waals surface area (Å²) in [6.45, 7) is 7.72. The van der Waals surface area contributed by atoms with Crippen LogP contribution in [0.2, 0.25) is 0 Å². The van der Waals surface area contributed by atoms with Crippen LogP contribution in [0.4, 0.5) is 0 Å². The predicted molar refractivity (Wildman–Crippen MR) is 86.5 cm³/mol. The van der Waals surface area contributed by atoms with E-state index in [1.54, 1.807) is 0 Å². The van der Waals surface area contributed by atoms with Crippen molar-refractivity contribution in [1.82, 2.24) is 0 Å². The van der Waals surface area contributed by atoms with Crippen molar-refractivity contribution in [2.45, 2.75) is 44.3 Å². The Morgan fingerprint density at radius 2 is 1.80 bits per heavy atom. The fourth-order valence-electron chi connectivity index (χ4n) is 2.99. The molecule has 0 fully saturated rings. The summed E-state index contributed by atoms with van der Waals surface area (Å²) < 4.78 is 24.3. The van der Waals surface area contributed by atoms with E-state index in [2.05, 4.69) is 6.58 Å². The van der Waals surface area contributed by atoms with Crippen molar-refractivity contribution in [3.05, 3.63) is 48.6 Å². The molecule has 0 saturated heterocycles. The second-order valence-electron chi connectivity index (χ2n) is 5.72. The third kappa shape index (κ3) is 3.51. The minimum Gasteiger partial charge on any atom is -0.228 e. The number of allylic oxidation sites excluding steroid dienone is 1. The quantitative estimate of drug-likeness (QED) is 0.528. The van der Waals surface area contributed by atoms with Crippen LogP contribution in [0.3, 0.4) is 0 Å². The zero-order valence-electron chi connectivity index (χ0n) is 12.8. The normalized spacial score (nSPS) is 15.0. The fraction of sp³-hybridized carbons (Fsp3) is 0.529. The smallest absolute Gasteiger partial charge is 0.157 e. The van der Waals surface area contributed by atoms with E-state index in [-0.39, 0.29) is 5.92 Å². The summed E-state index contributed by atoms with van der Waals surface area (Å²) in [6.07, 6.45) is 6.74. The maximum Gasteiger partial charge on any atom is 0.157 e. The molecule has 2 nitrogen and oxygen atoms in total. The van der Waals surface area contributed by atoms with Gasteiger partial charge in [0.2, 0.25) is 0 Å². The van der Waals surface area contributed by atoms with Crippen molar-refractivity contribution >= 4 is 9.84 Å². The van der Waals surface area contributed by atoms with Gasteiger partial charge in [0, 0.05) is 6.26 Å². The molecule has 1 unspecified atom stereocenters. The molecule has 0 saturated carbocycles. The standard InChI is InChI=1S/C17H26O2S/c1-5-6-7-11-14-17(15(2)3,20(4,18)19)16-12-9-8-10-13-16/h5,8-10,12-13,15H,1,6-7,11,14H2,2-4H3. The lowest BCUT2D eigenvalue weighted by molar-refractivity contribution is 0.376. The highest BCUT2D eigenvalue weighted by Crippen LogP contribution is 2.42. The average molecular weight is 294 g/mol. The Hall–Kier alpha value is -1.09. The molecule has 112 valence electrons. The molecule has 0 aliphatic carbocycles. The zero-order chi connectivity index (χ0) is 15.2.